The van der Waals surface area contributed by atoms with Crippen molar-refractivity contribution in [2.45, 2.75) is 13.8 Å². The van der Waals surface area contributed by atoms with Crippen LogP contribution in [0.25, 0.3) is 0 Å². The largest absolute Gasteiger partial charge is 0.495 e. The number of rotatable bonds is 6. The second-order valence-electron chi connectivity index (χ2n) is 7.78. The molecule has 1 aliphatic heterocycles. The van der Waals surface area contributed by atoms with Crippen molar-refractivity contribution in [1.82, 2.24) is 9.97 Å². The minimum Gasteiger partial charge on any atom is -0.495 e. The first kappa shape index (κ1) is 22.3. The van der Waals surface area contributed by atoms with Gasteiger partial charge in [-0.25, -0.2) is 9.78 Å². The molecule has 0 spiro atoms. The highest BCUT2D eigenvalue weighted by molar-refractivity contribution is 6.00. The number of benzene rings is 2. The lowest BCUT2D eigenvalue weighted by molar-refractivity contribution is 0.122. The van der Waals surface area contributed by atoms with Gasteiger partial charge in [0.15, 0.2) is 0 Å². The van der Waals surface area contributed by atoms with E-state index in [0.29, 0.717) is 42.1 Å². The molecule has 9 heteroatoms. The van der Waals surface area contributed by atoms with Gasteiger partial charge in [0.2, 0.25) is 5.95 Å². The summed E-state index contributed by atoms with van der Waals surface area (Å²) < 4.78 is 10.7. The van der Waals surface area contributed by atoms with Crippen LogP contribution >= 0.6 is 0 Å². The highest BCUT2D eigenvalue weighted by Gasteiger charge is 2.15. The summed E-state index contributed by atoms with van der Waals surface area (Å²) >= 11 is 0. The predicted octanol–water partition coefficient (Wildman–Crippen LogP) is 4.33. The van der Waals surface area contributed by atoms with Crippen molar-refractivity contribution in [1.29, 1.82) is 0 Å². The van der Waals surface area contributed by atoms with Gasteiger partial charge in [0.25, 0.3) is 0 Å². The van der Waals surface area contributed by atoms with E-state index >= 15 is 0 Å². The molecule has 0 atom stereocenters. The summed E-state index contributed by atoms with van der Waals surface area (Å²) in [5.74, 6) is 2.02. The molecule has 1 fully saturated rings. The quantitative estimate of drug-likeness (QED) is 0.516. The highest BCUT2D eigenvalue weighted by Crippen LogP contribution is 2.26. The number of nitrogens with zero attached hydrogens (tertiary/aromatic N) is 3. The smallest absolute Gasteiger partial charge is 0.323 e. The van der Waals surface area contributed by atoms with Crippen LogP contribution in [0.15, 0.2) is 48.5 Å². The van der Waals surface area contributed by atoms with Crippen LogP contribution in [0.5, 0.6) is 5.75 Å². The van der Waals surface area contributed by atoms with Gasteiger partial charge in [-0.1, -0.05) is 6.07 Å². The Labute approximate surface area is 193 Å². The van der Waals surface area contributed by atoms with Crippen molar-refractivity contribution in [2.24, 2.45) is 0 Å². The maximum Gasteiger partial charge on any atom is 0.323 e. The number of hydrogen-bond acceptors (Lipinski definition) is 7. The van der Waals surface area contributed by atoms with Gasteiger partial charge in [-0.2, -0.15) is 4.98 Å². The van der Waals surface area contributed by atoms with E-state index in [1.54, 1.807) is 7.11 Å². The lowest BCUT2D eigenvalue weighted by atomic mass is 10.2. The molecule has 0 saturated carbocycles. The van der Waals surface area contributed by atoms with Gasteiger partial charge in [-0.3, -0.25) is 0 Å². The fraction of sp³-hybridized carbons (Fsp3) is 0.292. The number of hydrogen-bond donors (Lipinski definition) is 3. The number of carbonyl (C=O) groups is 1. The number of aromatic nitrogens is 2. The Balaban J connectivity index is 1.39. The summed E-state index contributed by atoms with van der Waals surface area (Å²) in [7, 11) is 1.57. The molecule has 2 heterocycles. The van der Waals surface area contributed by atoms with Crippen molar-refractivity contribution in [2.75, 3.05) is 54.3 Å². The molecule has 4 rings (SSSR count). The maximum atomic E-state index is 12.4. The zero-order valence-electron chi connectivity index (χ0n) is 19.0. The van der Waals surface area contributed by atoms with Crippen LogP contribution in [0.2, 0.25) is 0 Å². The number of urea groups is 1. The number of methoxy groups -OCH3 is 1. The predicted molar refractivity (Wildman–Crippen MR) is 130 cm³/mol. The molecule has 0 unspecified atom stereocenters. The summed E-state index contributed by atoms with van der Waals surface area (Å²) in [4.78, 5) is 23.8. The van der Waals surface area contributed by atoms with Crippen molar-refractivity contribution in [3.05, 3.63) is 59.8 Å². The van der Waals surface area contributed by atoms with Crippen LogP contribution < -0.4 is 25.6 Å². The second-order valence-corrected chi connectivity index (χ2v) is 7.78. The van der Waals surface area contributed by atoms with Gasteiger partial charge in [-0.05, 0) is 55.8 Å². The van der Waals surface area contributed by atoms with Gasteiger partial charge in [0.1, 0.15) is 11.6 Å². The first-order valence-corrected chi connectivity index (χ1v) is 10.8. The number of nitrogens with one attached hydrogen (secondary N) is 3. The molecule has 0 bridgehead atoms. The molecule has 0 aliphatic carbocycles. The third kappa shape index (κ3) is 5.89. The molecule has 2 aromatic carbocycles. The van der Waals surface area contributed by atoms with Crippen LogP contribution in [-0.4, -0.2) is 49.4 Å². The second kappa shape index (κ2) is 10.2. The molecule has 172 valence electrons. The normalized spacial score (nSPS) is 13.4. The topological polar surface area (TPSA) is 101 Å². The molecule has 2 amide bonds. The van der Waals surface area contributed by atoms with Crippen LogP contribution in [-0.2, 0) is 4.74 Å². The summed E-state index contributed by atoms with van der Waals surface area (Å²) in [6.45, 7) is 6.82. The first-order chi connectivity index (χ1) is 16.0. The molecule has 0 radical (unpaired) electrons. The Morgan fingerprint density at radius 1 is 0.970 bits per heavy atom. The van der Waals surface area contributed by atoms with E-state index in [2.05, 4.69) is 30.8 Å². The Hall–Kier alpha value is -3.85. The van der Waals surface area contributed by atoms with Gasteiger partial charge < -0.3 is 30.3 Å². The van der Waals surface area contributed by atoms with Crippen LogP contribution in [0.3, 0.4) is 0 Å². The molecule has 3 aromatic rings. The Kier molecular flexibility index (Phi) is 6.89. The highest BCUT2D eigenvalue weighted by atomic mass is 16.5. The first-order valence-electron chi connectivity index (χ1n) is 10.8. The minimum atomic E-state index is -0.346. The van der Waals surface area contributed by atoms with E-state index in [1.807, 2.05) is 62.4 Å². The van der Waals surface area contributed by atoms with Crippen molar-refractivity contribution in [3.8, 4) is 5.75 Å². The summed E-state index contributed by atoms with van der Waals surface area (Å²) in [6.07, 6.45) is 0. The minimum absolute atomic E-state index is 0.346. The molecule has 3 N–H and O–H groups in total. The molecule has 1 saturated heterocycles. The fourth-order valence-corrected chi connectivity index (χ4v) is 3.51. The average molecular weight is 449 g/mol. The van der Waals surface area contributed by atoms with Crippen molar-refractivity contribution >= 4 is 34.9 Å². The zero-order chi connectivity index (χ0) is 23.2. The van der Waals surface area contributed by atoms with E-state index in [1.165, 1.54) is 0 Å². The number of amides is 2. The van der Waals surface area contributed by atoms with E-state index in [-0.39, 0.29) is 6.03 Å². The molecule has 1 aliphatic rings. The lowest BCUT2D eigenvalue weighted by Crippen LogP contribution is -2.37. The van der Waals surface area contributed by atoms with Crippen molar-refractivity contribution in [3.63, 3.8) is 0 Å². The summed E-state index contributed by atoms with van der Waals surface area (Å²) in [5.41, 5.74) is 4.04. The van der Waals surface area contributed by atoms with Gasteiger partial charge >= 0.3 is 6.03 Å². The van der Waals surface area contributed by atoms with Gasteiger partial charge in [0, 0.05) is 36.2 Å². The number of carbonyl (C=O) groups excluding carboxylic acids is 1. The summed E-state index contributed by atoms with van der Waals surface area (Å²) in [5, 5.41) is 8.98. The molecule has 33 heavy (non-hydrogen) atoms. The number of anilines is 5. The van der Waals surface area contributed by atoms with Crippen molar-refractivity contribution < 1.29 is 14.3 Å². The van der Waals surface area contributed by atoms with Gasteiger partial charge in [-0.15, -0.1) is 0 Å². The van der Waals surface area contributed by atoms with Gasteiger partial charge in [0.05, 0.1) is 26.0 Å². The number of ether oxygens (including phenoxy) is 2. The third-order valence-corrected chi connectivity index (χ3v) is 5.15. The van der Waals surface area contributed by atoms with Crippen LogP contribution in [0.1, 0.15) is 11.3 Å². The Morgan fingerprint density at radius 2 is 1.70 bits per heavy atom. The monoisotopic (exact) mass is 448 g/mol. The number of morpholine rings is 1. The van der Waals surface area contributed by atoms with E-state index in [9.17, 15) is 4.79 Å². The fourth-order valence-electron chi connectivity index (χ4n) is 3.51. The van der Waals surface area contributed by atoms with Crippen LogP contribution in [0, 0.1) is 13.8 Å². The van der Waals surface area contributed by atoms with E-state index in [0.717, 1.165) is 30.0 Å². The number of aryl methyl sites for hydroxylation is 2. The van der Waals surface area contributed by atoms with Crippen LogP contribution in [0.4, 0.5) is 33.6 Å². The SMILES string of the molecule is COc1ccc(C)cc1NC(=O)Nc1ccc(Nc2cc(C)nc(N3CCOCC3)n2)cc1. The molecule has 9 nitrogen and oxygen atoms in total. The molecular weight excluding hydrogens is 420 g/mol. The summed E-state index contributed by atoms with van der Waals surface area (Å²) in [6, 6.07) is 14.6. The molecule has 1 aromatic heterocycles. The average Bonchev–Trinajstić information content (AvgIpc) is 2.81. The Bertz CT molecular complexity index is 1110. The lowest BCUT2D eigenvalue weighted by Gasteiger charge is -2.27. The Morgan fingerprint density at radius 3 is 2.42 bits per heavy atom. The molecular formula is C24H28N6O3. The zero-order valence-corrected chi connectivity index (χ0v) is 19.0. The van der Waals surface area contributed by atoms with E-state index < -0.39 is 0 Å². The third-order valence-electron chi connectivity index (χ3n) is 5.15. The van der Waals surface area contributed by atoms with E-state index in [4.69, 9.17) is 9.47 Å². The standard InChI is InChI=1S/C24H28N6O3/c1-16-4-9-21(32-3)20(14-16)28-24(31)27-19-7-5-18(6-8-19)26-22-15-17(2)25-23(29-22)30-10-12-33-13-11-30/h4-9,14-15H,10-13H2,1-3H3,(H,25,26,29)(H2,27,28,31). The maximum absolute atomic E-state index is 12.4.